The second-order valence-corrected chi connectivity index (χ2v) is 5.30. The van der Waals surface area contributed by atoms with Crippen LogP contribution in [0.4, 0.5) is 13.2 Å². The van der Waals surface area contributed by atoms with Gasteiger partial charge in [0.15, 0.2) is 5.96 Å². The molecule has 1 aromatic heterocycles. The molecule has 0 fully saturated rings. The van der Waals surface area contributed by atoms with Crippen molar-refractivity contribution < 1.29 is 13.2 Å². The van der Waals surface area contributed by atoms with E-state index in [0.717, 1.165) is 11.3 Å². The third kappa shape index (κ3) is 5.29. The van der Waals surface area contributed by atoms with Gasteiger partial charge < -0.3 is 15.2 Å². The lowest BCUT2D eigenvalue weighted by atomic mass is 10.2. The molecule has 0 saturated carbocycles. The Hall–Kier alpha value is -2.51. The first kappa shape index (κ1) is 17.8. The zero-order chi connectivity index (χ0) is 17.6. The topological polar surface area (TPSA) is 56.3 Å². The van der Waals surface area contributed by atoms with Crippen LogP contribution in [-0.4, -0.2) is 47.6 Å². The highest BCUT2D eigenvalue weighted by Crippen LogP contribution is 2.18. The van der Waals surface area contributed by atoms with E-state index in [1.54, 1.807) is 18.1 Å². The fourth-order valence-corrected chi connectivity index (χ4v) is 2.21. The molecule has 0 aliphatic heterocycles. The third-order valence-electron chi connectivity index (χ3n) is 3.37. The predicted octanol–water partition coefficient (Wildman–Crippen LogP) is 3.04. The summed E-state index contributed by atoms with van der Waals surface area (Å²) in [4.78, 5) is 13.2. The summed E-state index contributed by atoms with van der Waals surface area (Å²) < 4.78 is 36.6. The van der Waals surface area contributed by atoms with Crippen molar-refractivity contribution in [3.8, 4) is 11.3 Å². The average molecular weight is 339 g/mol. The number of aromatic nitrogens is 2. The van der Waals surface area contributed by atoms with Gasteiger partial charge >= 0.3 is 6.18 Å². The van der Waals surface area contributed by atoms with Crippen LogP contribution in [0.25, 0.3) is 11.3 Å². The number of guanidine groups is 1. The van der Waals surface area contributed by atoms with Crippen LogP contribution < -0.4 is 5.32 Å². The molecule has 0 aliphatic rings. The van der Waals surface area contributed by atoms with Gasteiger partial charge in [-0.05, 0) is 5.56 Å². The fraction of sp³-hybridized carbons (Fsp3) is 0.375. The SMILES string of the molecule is CN=C(NCCC(F)(F)F)N(C)Cc1ncc(-c2ccccc2)[nH]1. The Morgan fingerprint density at radius 3 is 2.62 bits per heavy atom. The summed E-state index contributed by atoms with van der Waals surface area (Å²) >= 11 is 0. The molecule has 0 amide bonds. The van der Waals surface area contributed by atoms with E-state index < -0.39 is 12.6 Å². The molecule has 0 atom stereocenters. The lowest BCUT2D eigenvalue weighted by Crippen LogP contribution is -2.40. The van der Waals surface area contributed by atoms with Gasteiger partial charge in [0.1, 0.15) is 5.82 Å². The van der Waals surface area contributed by atoms with E-state index in [0.29, 0.717) is 18.3 Å². The van der Waals surface area contributed by atoms with E-state index in [1.807, 2.05) is 30.3 Å². The standard InChI is InChI=1S/C16H20F3N5/c1-20-15(21-9-8-16(17,18)19)24(2)11-14-22-10-13(23-14)12-6-4-3-5-7-12/h3-7,10H,8-9,11H2,1-2H3,(H,20,21)(H,22,23). The monoisotopic (exact) mass is 339 g/mol. The minimum Gasteiger partial charge on any atom is -0.356 e. The van der Waals surface area contributed by atoms with E-state index in [1.165, 1.54) is 7.05 Å². The van der Waals surface area contributed by atoms with Gasteiger partial charge in [-0.1, -0.05) is 30.3 Å². The number of halogens is 3. The number of imidazole rings is 1. The van der Waals surface area contributed by atoms with Crippen LogP contribution in [0.2, 0.25) is 0 Å². The highest BCUT2D eigenvalue weighted by atomic mass is 19.4. The van der Waals surface area contributed by atoms with Crippen molar-refractivity contribution >= 4 is 5.96 Å². The second kappa shape index (κ2) is 7.85. The lowest BCUT2D eigenvalue weighted by molar-refractivity contribution is -0.132. The van der Waals surface area contributed by atoms with E-state index in [4.69, 9.17) is 0 Å². The molecule has 2 N–H and O–H groups in total. The number of hydrogen-bond acceptors (Lipinski definition) is 2. The zero-order valence-corrected chi connectivity index (χ0v) is 13.6. The zero-order valence-electron chi connectivity index (χ0n) is 13.6. The quantitative estimate of drug-likeness (QED) is 0.650. The summed E-state index contributed by atoms with van der Waals surface area (Å²) in [6, 6.07) is 9.76. The highest BCUT2D eigenvalue weighted by molar-refractivity contribution is 5.79. The van der Waals surface area contributed by atoms with Crippen LogP contribution in [0.3, 0.4) is 0 Å². The summed E-state index contributed by atoms with van der Waals surface area (Å²) in [5, 5.41) is 2.70. The van der Waals surface area contributed by atoms with Crippen LogP contribution in [0.5, 0.6) is 0 Å². The van der Waals surface area contributed by atoms with E-state index in [9.17, 15) is 13.2 Å². The molecule has 2 rings (SSSR count). The molecule has 0 bridgehead atoms. The Bertz CT molecular complexity index is 664. The second-order valence-electron chi connectivity index (χ2n) is 5.30. The highest BCUT2D eigenvalue weighted by Gasteiger charge is 2.26. The number of alkyl halides is 3. The lowest BCUT2D eigenvalue weighted by Gasteiger charge is -2.21. The Morgan fingerprint density at radius 2 is 2.00 bits per heavy atom. The molecule has 8 heteroatoms. The summed E-state index contributed by atoms with van der Waals surface area (Å²) in [5.41, 5.74) is 1.91. The van der Waals surface area contributed by atoms with Gasteiger partial charge in [0.2, 0.25) is 0 Å². The Morgan fingerprint density at radius 1 is 1.29 bits per heavy atom. The molecule has 5 nitrogen and oxygen atoms in total. The van der Waals surface area contributed by atoms with Crippen LogP contribution in [0.15, 0.2) is 41.5 Å². The molecule has 1 heterocycles. The Balaban J connectivity index is 1.93. The smallest absolute Gasteiger partial charge is 0.356 e. The number of nitrogens with one attached hydrogen (secondary N) is 2. The maximum absolute atomic E-state index is 12.2. The van der Waals surface area contributed by atoms with E-state index in [2.05, 4.69) is 20.3 Å². The number of benzene rings is 1. The van der Waals surface area contributed by atoms with Crippen molar-refractivity contribution in [1.29, 1.82) is 0 Å². The first-order valence-electron chi connectivity index (χ1n) is 7.47. The van der Waals surface area contributed by atoms with Gasteiger partial charge in [0.25, 0.3) is 0 Å². The maximum atomic E-state index is 12.2. The fourth-order valence-electron chi connectivity index (χ4n) is 2.21. The van der Waals surface area contributed by atoms with Crippen LogP contribution in [0, 0.1) is 0 Å². The summed E-state index contributed by atoms with van der Waals surface area (Å²) in [5.74, 6) is 1.09. The molecule has 0 unspecified atom stereocenters. The van der Waals surface area contributed by atoms with Crippen LogP contribution in [0.1, 0.15) is 12.2 Å². The van der Waals surface area contributed by atoms with Crippen molar-refractivity contribution in [2.24, 2.45) is 4.99 Å². The van der Waals surface area contributed by atoms with Crippen molar-refractivity contribution in [1.82, 2.24) is 20.2 Å². The molecule has 1 aromatic carbocycles. The van der Waals surface area contributed by atoms with Crippen molar-refractivity contribution in [3.05, 3.63) is 42.4 Å². The largest absolute Gasteiger partial charge is 0.390 e. The molecule has 0 saturated heterocycles. The minimum atomic E-state index is -4.18. The third-order valence-corrected chi connectivity index (χ3v) is 3.37. The van der Waals surface area contributed by atoms with Gasteiger partial charge in [-0.25, -0.2) is 4.98 Å². The summed E-state index contributed by atoms with van der Waals surface area (Å²) in [7, 11) is 3.28. The van der Waals surface area contributed by atoms with Crippen molar-refractivity contribution in [2.45, 2.75) is 19.1 Å². The molecule has 0 aliphatic carbocycles. The number of aromatic amines is 1. The molecule has 2 aromatic rings. The average Bonchev–Trinajstić information content (AvgIpc) is 3.00. The minimum absolute atomic E-state index is 0.214. The first-order valence-corrected chi connectivity index (χ1v) is 7.47. The number of H-pyrrole nitrogens is 1. The first-order chi connectivity index (χ1) is 11.4. The molecule has 130 valence electrons. The number of nitrogens with zero attached hydrogens (tertiary/aromatic N) is 3. The van der Waals surface area contributed by atoms with Crippen LogP contribution >= 0.6 is 0 Å². The van der Waals surface area contributed by atoms with Gasteiger partial charge in [0, 0.05) is 20.6 Å². The summed E-state index contributed by atoms with van der Waals surface area (Å²) in [6.07, 6.45) is -3.35. The maximum Gasteiger partial charge on any atom is 0.390 e. The molecule has 0 radical (unpaired) electrons. The van der Waals surface area contributed by atoms with E-state index >= 15 is 0 Å². The Labute approximate surface area is 138 Å². The van der Waals surface area contributed by atoms with Gasteiger partial charge in [-0.2, -0.15) is 13.2 Å². The molecular formula is C16H20F3N5. The molecule has 24 heavy (non-hydrogen) atoms. The molecule has 0 spiro atoms. The van der Waals surface area contributed by atoms with Gasteiger partial charge in [-0.15, -0.1) is 0 Å². The van der Waals surface area contributed by atoms with Gasteiger partial charge in [-0.3, -0.25) is 4.99 Å². The Kier molecular flexibility index (Phi) is 5.83. The van der Waals surface area contributed by atoms with Crippen molar-refractivity contribution in [2.75, 3.05) is 20.6 Å². The van der Waals surface area contributed by atoms with E-state index in [-0.39, 0.29) is 6.54 Å². The molecular weight excluding hydrogens is 319 g/mol. The van der Waals surface area contributed by atoms with Crippen molar-refractivity contribution in [3.63, 3.8) is 0 Å². The van der Waals surface area contributed by atoms with Gasteiger partial charge in [0.05, 0.1) is 24.9 Å². The van der Waals surface area contributed by atoms with Crippen LogP contribution in [-0.2, 0) is 6.54 Å². The normalized spacial score (nSPS) is 12.3. The number of hydrogen-bond donors (Lipinski definition) is 2. The number of rotatable bonds is 5. The predicted molar refractivity (Wildman–Crippen MR) is 87.5 cm³/mol. The summed E-state index contributed by atoms with van der Waals surface area (Å²) in [6.45, 7) is 0.187. The number of aliphatic imine (C=N–C) groups is 1.